The summed E-state index contributed by atoms with van der Waals surface area (Å²) in [5.74, 6) is -5.48. The lowest BCUT2D eigenvalue weighted by Crippen LogP contribution is -2.58. The van der Waals surface area contributed by atoms with Crippen LogP contribution in [-0.2, 0) is 33.6 Å². The molecule has 0 aromatic heterocycles. The van der Waals surface area contributed by atoms with E-state index in [1.165, 1.54) is 4.90 Å². The van der Waals surface area contributed by atoms with Gasteiger partial charge >= 0.3 is 5.97 Å². The van der Waals surface area contributed by atoms with Crippen molar-refractivity contribution in [1.82, 2.24) is 31.5 Å². The second-order valence-corrected chi connectivity index (χ2v) is 13.3. The minimum Gasteiger partial charge on any atom is -0.480 e. The Kier molecular flexibility index (Phi) is 20.1. The molecule has 6 amide bonds. The summed E-state index contributed by atoms with van der Waals surface area (Å²) in [6.07, 6.45) is 2.81. The molecule has 51 heavy (non-hydrogen) atoms. The molecule has 0 aromatic rings. The van der Waals surface area contributed by atoms with Gasteiger partial charge in [0, 0.05) is 13.1 Å². The van der Waals surface area contributed by atoms with Crippen molar-refractivity contribution in [2.24, 2.45) is 39.8 Å². The predicted molar refractivity (Wildman–Crippen MR) is 189 cm³/mol. The van der Waals surface area contributed by atoms with E-state index < -0.39 is 78.2 Å². The molecule has 0 saturated carbocycles. The molecule has 0 unspecified atom stereocenters. The molecule has 0 spiro atoms. The molecule has 0 bridgehead atoms. The summed E-state index contributed by atoms with van der Waals surface area (Å²) in [4.78, 5) is 95.2. The molecule has 0 radical (unpaired) electrons. The summed E-state index contributed by atoms with van der Waals surface area (Å²) in [6, 6.07) is -5.27. The first-order valence-electron chi connectivity index (χ1n) is 17.5. The number of nitrogens with one attached hydrogen (secondary N) is 5. The van der Waals surface area contributed by atoms with Crippen LogP contribution in [0.2, 0.25) is 0 Å². The summed E-state index contributed by atoms with van der Waals surface area (Å²) in [7, 11) is 0. The molecule has 14 N–H and O–H groups in total. The average Bonchev–Trinajstić information content (AvgIpc) is 3.56. The number of nitrogens with zero attached hydrogens (tertiary/aromatic N) is 2. The monoisotopic (exact) mass is 725 g/mol. The Labute approximate surface area is 299 Å². The number of nitrogens with two attached hydrogens (primary N) is 4. The first-order valence-corrected chi connectivity index (χ1v) is 17.5. The Hall–Kier alpha value is -4.52. The SMILES string of the molecule is CC(C)C[C@H](NC(=O)[C@@H]1CCCN1C(=O)CN)C(=O)NCC(=O)N[C@H](C(=O)N[C@@H](CCCN=C(N)N)C(=O)N[C@@H](CCCCN)C(=O)O)C(C)C. The number of carbonyl (C=O) groups is 7. The maximum Gasteiger partial charge on any atom is 0.326 e. The van der Waals surface area contributed by atoms with E-state index in [0.29, 0.717) is 38.8 Å². The van der Waals surface area contributed by atoms with Gasteiger partial charge < -0.3 is 59.5 Å². The number of carboxylic acids is 1. The Balaban J connectivity index is 2.97. The summed E-state index contributed by atoms with van der Waals surface area (Å²) >= 11 is 0. The van der Waals surface area contributed by atoms with Gasteiger partial charge in [-0.15, -0.1) is 0 Å². The summed E-state index contributed by atoms with van der Waals surface area (Å²) in [5, 5.41) is 22.5. The zero-order chi connectivity index (χ0) is 38.7. The van der Waals surface area contributed by atoms with E-state index in [2.05, 4.69) is 31.6 Å². The van der Waals surface area contributed by atoms with E-state index in [1.807, 2.05) is 13.8 Å². The summed E-state index contributed by atoms with van der Waals surface area (Å²) in [5.41, 5.74) is 21.7. The van der Waals surface area contributed by atoms with Crippen LogP contribution in [0.3, 0.4) is 0 Å². The van der Waals surface area contributed by atoms with Crippen LogP contribution in [-0.4, -0.2) is 120 Å². The van der Waals surface area contributed by atoms with E-state index in [4.69, 9.17) is 22.9 Å². The van der Waals surface area contributed by atoms with Crippen LogP contribution in [0.25, 0.3) is 0 Å². The molecule has 1 aliphatic rings. The lowest BCUT2D eigenvalue weighted by Gasteiger charge is -2.27. The number of unbranched alkanes of at least 4 members (excludes halogenated alkanes) is 1. The standard InChI is InChI=1S/C32H59N11O8/c1-18(2)15-22(41-29(48)23-11-8-14-43(23)25(45)16-34)27(46)38-17-24(44)42-26(19(3)4)30(49)39-20(10-7-13-37-32(35)36)28(47)40-21(31(50)51)9-5-6-12-33/h18-23,26H,5-17,33-34H2,1-4H3,(H,38,46)(H,39,49)(H,40,47)(H,41,48)(H,42,44)(H,50,51)(H4,35,36,37)/t20-,21-,22-,23-,26-/m0/s1. The number of guanidine groups is 1. The topological polar surface area (TPSA) is 320 Å². The van der Waals surface area contributed by atoms with Crippen molar-refractivity contribution in [3.05, 3.63) is 0 Å². The fraction of sp³-hybridized carbons (Fsp3) is 0.750. The van der Waals surface area contributed by atoms with Gasteiger partial charge in [-0.2, -0.15) is 0 Å². The molecule has 19 nitrogen and oxygen atoms in total. The lowest BCUT2D eigenvalue weighted by molar-refractivity contribution is -0.142. The number of carboxylic acid groups (broad SMARTS) is 1. The molecular weight excluding hydrogens is 666 g/mol. The predicted octanol–water partition coefficient (Wildman–Crippen LogP) is -3.04. The fourth-order valence-electron chi connectivity index (χ4n) is 5.53. The second-order valence-electron chi connectivity index (χ2n) is 13.3. The summed E-state index contributed by atoms with van der Waals surface area (Å²) < 4.78 is 0. The van der Waals surface area contributed by atoms with Crippen LogP contribution in [0, 0.1) is 11.8 Å². The fourth-order valence-corrected chi connectivity index (χ4v) is 5.53. The van der Waals surface area contributed by atoms with Crippen LogP contribution in [0.4, 0.5) is 0 Å². The van der Waals surface area contributed by atoms with Crippen LogP contribution >= 0.6 is 0 Å². The third-order valence-electron chi connectivity index (χ3n) is 8.22. The molecule has 290 valence electrons. The number of rotatable bonds is 23. The minimum absolute atomic E-state index is 0.00409. The number of likely N-dealkylation sites (tertiary alicyclic amines) is 1. The molecule has 19 heteroatoms. The van der Waals surface area contributed by atoms with Crippen LogP contribution in [0.1, 0.15) is 79.1 Å². The minimum atomic E-state index is -1.24. The molecule has 1 rings (SSSR count). The van der Waals surface area contributed by atoms with E-state index in [9.17, 15) is 38.7 Å². The molecule has 1 saturated heterocycles. The molecule has 1 heterocycles. The highest BCUT2D eigenvalue weighted by Crippen LogP contribution is 2.18. The van der Waals surface area contributed by atoms with Gasteiger partial charge in [-0.3, -0.25) is 33.8 Å². The van der Waals surface area contributed by atoms with Gasteiger partial charge in [0.25, 0.3) is 0 Å². The van der Waals surface area contributed by atoms with Gasteiger partial charge in [-0.1, -0.05) is 27.7 Å². The third-order valence-corrected chi connectivity index (χ3v) is 8.22. The van der Waals surface area contributed by atoms with Crippen LogP contribution in [0.15, 0.2) is 4.99 Å². The normalized spacial score (nSPS) is 16.4. The number of hydrogen-bond acceptors (Lipinski definition) is 10. The Bertz CT molecular complexity index is 1230. The summed E-state index contributed by atoms with van der Waals surface area (Å²) in [6.45, 7) is 7.21. The van der Waals surface area contributed by atoms with E-state index >= 15 is 0 Å². The molecule has 0 aliphatic carbocycles. The van der Waals surface area contributed by atoms with E-state index in [-0.39, 0.29) is 56.6 Å². The first-order chi connectivity index (χ1) is 24.0. The van der Waals surface area contributed by atoms with Crippen LogP contribution in [0.5, 0.6) is 0 Å². The number of aliphatic carboxylic acids is 1. The van der Waals surface area contributed by atoms with Crippen molar-refractivity contribution in [3.8, 4) is 0 Å². The van der Waals surface area contributed by atoms with E-state index in [1.54, 1.807) is 13.8 Å². The molecular formula is C32H59N11O8. The zero-order valence-corrected chi connectivity index (χ0v) is 30.2. The second kappa shape index (κ2) is 23.0. The maximum absolute atomic E-state index is 13.4. The maximum atomic E-state index is 13.4. The molecule has 1 aliphatic heterocycles. The van der Waals surface area contributed by atoms with E-state index in [0.717, 1.165) is 0 Å². The van der Waals surface area contributed by atoms with Crippen molar-refractivity contribution < 1.29 is 38.7 Å². The van der Waals surface area contributed by atoms with Crippen molar-refractivity contribution >= 4 is 47.4 Å². The highest BCUT2D eigenvalue weighted by molar-refractivity contribution is 5.96. The number of carbonyl (C=O) groups excluding carboxylic acids is 6. The Morgan fingerprint density at radius 3 is 2.04 bits per heavy atom. The van der Waals surface area contributed by atoms with Gasteiger partial charge in [0.05, 0.1) is 13.1 Å². The van der Waals surface area contributed by atoms with Crippen molar-refractivity contribution in [3.63, 3.8) is 0 Å². The van der Waals surface area contributed by atoms with Crippen molar-refractivity contribution in [2.75, 3.05) is 32.7 Å². The Morgan fingerprint density at radius 1 is 0.824 bits per heavy atom. The first kappa shape index (κ1) is 44.5. The van der Waals surface area contributed by atoms with Crippen molar-refractivity contribution in [1.29, 1.82) is 0 Å². The van der Waals surface area contributed by atoms with Gasteiger partial charge in [-0.25, -0.2) is 4.79 Å². The van der Waals surface area contributed by atoms with Gasteiger partial charge in [0.15, 0.2) is 5.96 Å². The number of amides is 6. The van der Waals surface area contributed by atoms with Crippen LogP contribution < -0.4 is 49.5 Å². The smallest absolute Gasteiger partial charge is 0.326 e. The van der Waals surface area contributed by atoms with Crippen molar-refractivity contribution in [2.45, 2.75) is 109 Å². The lowest BCUT2D eigenvalue weighted by atomic mass is 10.0. The van der Waals surface area contributed by atoms with Gasteiger partial charge in [0.1, 0.15) is 30.2 Å². The average molecular weight is 726 g/mol. The molecule has 5 atom stereocenters. The number of hydrogen-bond donors (Lipinski definition) is 10. The number of aliphatic imine (C=N–C) groups is 1. The third kappa shape index (κ3) is 16.4. The largest absolute Gasteiger partial charge is 0.480 e. The highest BCUT2D eigenvalue weighted by atomic mass is 16.4. The zero-order valence-electron chi connectivity index (χ0n) is 30.2. The highest BCUT2D eigenvalue weighted by Gasteiger charge is 2.36. The quantitative estimate of drug-likeness (QED) is 0.0286. The van der Waals surface area contributed by atoms with Gasteiger partial charge in [-0.05, 0) is 69.7 Å². The molecule has 1 fully saturated rings. The van der Waals surface area contributed by atoms with Gasteiger partial charge in [0.2, 0.25) is 35.4 Å². The Morgan fingerprint density at radius 2 is 1.47 bits per heavy atom. The molecule has 0 aromatic carbocycles.